The highest BCUT2D eigenvalue weighted by Crippen LogP contribution is 2.37. The predicted octanol–water partition coefficient (Wildman–Crippen LogP) is 5.12. The summed E-state index contributed by atoms with van der Waals surface area (Å²) in [5.41, 5.74) is 2.05. The first kappa shape index (κ1) is 19.4. The number of thiophene rings is 1. The Kier molecular flexibility index (Phi) is 6.50. The zero-order valence-electron chi connectivity index (χ0n) is 15.7. The molecule has 0 aliphatic heterocycles. The second-order valence-corrected chi connectivity index (χ2v) is 7.51. The molecule has 1 aliphatic rings. The van der Waals surface area contributed by atoms with Gasteiger partial charge in [0.15, 0.2) is 0 Å². The number of hydrogen-bond donors (Lipinski definition) is 1. The molecule has 0 radical (unpaired) electrons. The van der Waals surface area contributed by atoms with Crippen molar-refractivity contribution in [2.75, 3.05) is 19.0 Å². The minimum absolute atomic E-state index is 0.0000493. The van der Waals surface area contributed by atoms with E-state index < -0.39 is 5.97 Å². The van der Waals surface area contributed by atoms with Gasteiger partial charge in [0.1, 0.15) is 16.3 Å². The monoisotopic (exact) mass is 387 g/mol. The van der Waals surface area contributed by atoms with Crippen molar-refractivity contribution in [1.29, 1.82) is 0 Å². The largest absolute Gasteiger partial charge is 0.494 e. The van der Waals surface area contributed by atoms with Gasteiger partial charge in [-0.05, 0) is 37.5 Å². The van der Waals surface area contributed by atoms with Gasteiger partial charge in [0.2, 0.25) is 5.91 Å². The van der Waals surface area contributed by atoms with Crippen LogP contribution in [0.1, 0.15) is 49.4 Å². The topological polar surface area (TPSA) is 64.6 Å². The Labute approximate surface area is 163 Å². The molecule has 144 valence electrons. The van der Waals surface area contributed by atoms with Crippen LogP contribution in [0.4, 0.5) is 5.00 Å². The van der Waals surface area contributed by atoms with E-state index in [0.717, 1.165) is 42.6 Å². The molecule has 1 N–H and O–H groups in total. The lowest BCUT2D eigenvalue weighted by Gasteiger charge is -2.20. The van der Waals surface area contributed by atoms with E-state index in [2.05, 4.69) is 5.32 Å². The summed E-state index contributed by atoms with van der Waals surface area (Å²) in [7, 11) is 1.36. The van der Waals surface area contributed by atoms with Crippen molar-refractivity contribution in [2.45, 2.75) is 39.0 Å². The zero-order chi connectivity index (χ0) is 19.2. The van der Waals surface area contributed by atoms with Crippen LogP contribution in [0, 0.1) is 5.92 Å². The summed E-state index contributed by atoms with van der Waals surface area (Å²) in [6.45, 7) is 2.53. The number of rotatable bonds is 6. The fraction of sp³-hybridized carbons (Fsp3) is 0.429. The van der Waals surface area contributed by atoms with Crippen molar-refractivity contribution in [3.05, 3.63) is 35.2 Å². The molecule has 1 fully saturated rings. The highest BCUT2D eigenvalue weighted by Gasteiger charge is 2.26. The molecule has 3 rings (SSSR count). The number of anilines is 1. The Hall–Kier alpha value is -2.34. The number of hydrogen-bond acceptors (Lipinski definition) is 5. The van der Waals surface area contributed by atoms with E-state index >= 15 is 0 Å². The van der Waals surface area contributed by atoms with E-state index in [1.165, 1.54) is 24.9 Å². The van der Waals surface area contributed by atoms with Crippen LogP contribution in [-0.2, 0) is 9.53 Å². The fourth-order valence-corrected chi connectivity index (χ4v) is 4.40. The number of benzene rings is 1. The number of amides is 1. The van der Waals surface area contributed by atoms with E-state index in [1.807, 2.05) is 36.6 Å². The number of carbonyl (C=O) groups excluding carboxylic acids is 2. The van der Waals surface area contributed by atoms with Gasteiger partial charge in [0, 0.05) is 16.9 Å². The molecule has 0 spiro atoms. The second kappa shape index (κ2) is 9.04. The van der Waals surface area contributed by atoms with Gasteiger partial charge in [-0.2, -0.15) is 0 Å². The molecule has 27 heavy (non-hydrogen) atoms. The quantitative estimate of drug-likeness (QED) is 0.699. The van der Waals surface area contributed by atoms with Gasteiger partial charge < -0.3 is 14.8 Å². The smallest absolute Gasteiger partial charge is 0.341 e. The van der Waals surface area contributed by atoms with Crippen molar-refractivity contribution in [3.63, 3.8) is 0 Å². The van der Waals surface area contributed by atoms with Crippen LogP contribution in [0.2, 0.25) is 0 Å². The summed E-state index contributed by atoms with van der Waals surface area (Å²) in [5, 5.41) is 5.42. The first-order chi connectivity index (χ1) is 13.1. The van der Waals surface area contributed by atoms with Crippen LogP contribution in [0.25, 0.3) is 11.1 Å². The van der Waals surface area contributed by atoms with Gasteiger partial charge in [-0.3, -0.25) is 4.79 Å². The van der Waals surface area contributed by atoms with Crippen LogP contribution < -0.4 is 10.1 Å². The average molecular weight is 388 g/mol. The second-order valence-electron chi connectivity index (χ2n) is 6.63. The number of carbonyl (C=O) groups is 2. The van der Waals surface area contributed by atoms with Crippen molar-refractivity contribution in [1.82, 2.24) is 0 Å². The maximum Gasteiger partial charge on any atom is 0.341 e. The number of methoxy groups -OCH3 is 1. The van der Waals surface area contributed by atoms with E-state index in [0.29, 0.717) is 17.2 Å². The summed E-state index contributed by atoms with van der Waals surface area (Å²) < 4.78 is 10.5. The van der Waals surface area contributed by atoms with E-state index in [9.17, 15) is 9.59 Å². The van der Waals surface area contributed by atoms with Crippen molar-refractivity contribution < 1.29 is 19.1 Å². The summed E-state index contributed by atoms with van der Waals surface area (Å²) in [6, 6.07) is 7.56. The zero-order valence-corrected chi connectivity index (χ0v) is 16.6. The van der Waals surface area contributed by atoms with Gasteiger partial charge in [-0.15, -0.1) is 11.3 Å². The first-order valence-corrected chi connectivity index (χ1v) is 10.3. The molecule has 2 aromatic rings. The molecule has 1 amide bonds. The lowest BCUT2D eigenvalue weighted by atomic mass is 9.88. The van der Waals surface area contributed by atoms with Crippen molar-refractivity contribution >= 4 is 28.2 Å². The van der Waals surface area contributed by atoms with E-state index in [-0.39, 0.29) is 11.8 Å². The summed E-state index contributed by atoms with van der Waals surface area (Å²) in [5.74, 6) is 0.362. The van der Waals surface area contributed by atoms with Gasteiger partial charge in [-0.25, -0.2) is 4.79 Å². The Morgan fingerprint density at radius 2 is 1.85 bits per heavy atom. The van der Waals surface area contributed by atoms with Gasteiger partial charge in [0.05, 0.1) is 13.7 Å². The normalized spacial score (nSPS) is 14.6. The fourth-order valence-electron chi connectivity index (χ4n) is 3.44. The third kappa shape index (κ3) is 4.50. The lowest BCUT2D eigenvalue weighted by molar-refractivity contribution is -0.120. The Morgan fingerprint density at radius 1 is 1.15 bits per heavy atom. The molecular weight excluding hydrogens is 362 g/mol. The Balaban J connectivity index is 1.87. The molecule has 1 aliphatic carbocycles. The SMILES string of the molecule is CCOc1ccc(-c2csc(NC(=O)C3CCCCC3)c2C(=O)OC)cc1. The molecule has 0 saturated heterocycles. The molecule has 6 heteroatoms. The lowest BCUT2D eigenvalue weighted by Crippen LogP contribution is -2.25. The molecular formula is C21H25NO4S. The van der Waals surface area contributed by atoms with E-state index in [1.54, 1.807) is 0 Å². The Morgan fingerprint density at radius 3 is 2.48 bits per heavy atom. The summed E-state index contributed by atoms with van der Waals surface area (Å²) >= 11 is 1.36. The van der Waals surface area contributed by atoms with Crippen LogP contribution in [0.5, 0.6) is 5.75 Å². The van der Waals surface area contributed by atoms with Crippen LogP contribution in [0.15, 0.2) is 29.6 Å². The number of esters is 1. The average Bonchev–Trinajstić information content (AvgIpc) is 3.12. The highest BCUT2D eigenvalue weighted by molar-refractivity contribution is 7.15. The van der Waals surface area contributed by atoms with Crippen molar-refractivity contribution in [2.24, 2.45) is 5.92 Å². The number of nitrogens with one attached hydrogen (secondary N) is 1. The van der Waals surface area contributed by atoms with Gasteiger partial charge in [-0.1, -0.05) is 31.4 Å². The minimum Gasteiger partial charge on any atom is -0.494 e. The third-order valence-electron chi connectivity index (χ3n) is 4.87. The standard InChI is InChI=1S/C21H25NO4S/c1-3-26-16-11-9-14(10-12-16)17-13-27-20(18(17)21(24)25-2)22-19(23)15-7-5-4-6-8-15/h9-13,15H,3-8H2,1-2H3,(H,22,23). The molecule has 1 aromatic carbocycles. The predicted molar refractivity (Wildman–Crippen MR) is 107 cm³/mol. The molecule has 5 nitrogen and oxygen atoms in total. The Bertz CT molecular complexity index is 791. The minimum atomic E-state index is -0.445. The maximum atomic E-state index is 12.6. The number of ether oxygens (including phenoxy) is 2. The van der Waals surface area contributed by atoms with Gasteiger partial charge in [0.25, 0.3) is 0 Å². The molecule has 0 bridgehead atoms. The summed E-state index contributed by atoms with van der Waals surface area (Å²) in [6.07, 6.45) is 5.19. The first-order valence-electron chi connectivity index (χ1n) is 9.38. The molecule has 1 heterocycles. The molecule has 1 aromatic heterocycles. The van der Waals surface area contributed by atoms with Gasteiger partial charge >= 0.3 is 5.97 Å². The summed E-state index contributed by atoms with van der Waals surface area (Å²) in [4.78, 5) is 25.0. The van der Waals surface area contributed by atoms with Crippen LogP contribution in [0.3, 0.4) is 0 Å². The molecule has 0 unspecified atom stereocenters. The third-order valence-corrected chi connectivity index (χ3v) is 5.77. The van der Waals surface area contributed by atoms with Crippen molar-refractivity contribution in [3.8, 4) is 16.9 Å². The van der Waals surface area contributed by atoms with Crippen LogP contribution >= 0.6 is 11.3 Å². The maximum absolute atomic E-state index is 12.6. The highest BCUT2D eigenvalue weighted by atomic mass is 32.1. The van der Waals surface area contributed by atoms with Crippen LogP contribution in [-0.4, -0.2) is 25.6 Å². The molecule has 0 atom stereocenters. The molecule has 1 saturated carbocycles. The van der Waals surface area contributed by atoms with E-state index in [4.69, 9.17) is 9.47 Å².